The number of nitrogens with two attached hydrogens (primary N) is 1. The Morgan fingerprint density at radius 2 is 2.30 bits per heavy atom. The standard InChI is InChI=1S/C7H12N2S/c1-2-3-4-5-6-9-7(8)10/h3-6H,2H2,1H3,(H3,8,9,10)/b4-3+,6-5+. The van der Waals surface area contributed by atoms with Crippen molar-refractivity contribution in [3.63, 3.8) is 0 Å². The van der Waals surface area contributed by atoms with E-state index in [1.54, 1.807) is 6.20 Å². The van der Waals surface area contributed by atoms with E-state index in [4.69, 9.17) is 5.73 Å². The van der Waals surface area contributed by atoms with Crippen molar-refractivity contribution in [1.29, 1.82) is 0 Å². The summed E-state index contributed by atoms with van der Waals surface area (Å²) in [5, 5.41) is 2.97. The number of hydrogen-bond acceptors (Lipinski definition) is 1. The van der Waals surface area contributed by atoms with Crippen LogP contribution in [-0.4, -0.2) is 5.11 Å². The lowest BCUT2D eigenvalue weighted by Gasteiger charge is -1.90. The number of rotatable bonds is 3. The molecule has 0 aromatic carbocycles. The molecule has 0 aromatic heterocycles. The summed E-state index contributed by atoms with van der Waals surface area (Å²) in [5.74, 6) is 0. The van der Waals surface area contributed by atoms with Crippen LogP contribution in [0.2, 0.25) is 0 Å². The summed E-state index contributed by atoms with van der Waals surface area (Å²) in [6.45, 7) is 2.07. The van der Waals surface area contributed by atoms with Crippen molar-refractivity contribution < 1.29 is 0 Å². The summed E-state index contributed by atoms with van der Waals surface area (Å²) in [6.07, 6.45) is 8.57. The van der Waals surface area contributed by atoms with Crippen LogP contribution in [0.5, 0.6) is 0 Å². The summed E-state index contributed by atoms with van der Waals surface area (Å²) in [7, 11) is 0. The topological polar surface area (TPSA) is 38.0 Å². The van der Waals surface area contributed by atoms with Crippen LogP contribution in [0.3, 0.4) is 0 Å². The summed E-state index contributed by atoms with van der Waals surface area (Å²) in [4.78, 5) is 0. The van der Waals surface area contributed by atoms with E-state index in [-0.39, 0.29) is 0 Å². The van der Waals surface area contributed by atoms with Gasteiger partial charge in [-0.05, 0) is 24.7 Å². The fourth-order valence-electron chi connectivity index (χ4n) is 0.400. The van der Waals surface area contributed by atoms with Gasteiger partial charge in [0.25, 0.3) is 0 Å². The van der Waals surface area contributed by atoms with Gasteiger partial charge in [0.15, 0.2) is 5.11 Å². The molecule has 3 N–H and O–H groups in total. The van der Waals surface area contributed by atoms with E-state index in [0.29, 0.717) is 5.11 Å². The lowest BCUT2D eigenvalue weighted by atomic mass is 10.4. The largest absolute Gasteiger partial charge is 0.376 e. The molecule has 0 unspecified atom stereocenters. The van der Waals surface area contributed by atoms with E-state index >= 15 is 0 Å². The molecule has 0 aliphatic heterocycles. The maximum Gasteiger partial charge on any atom is 0.167 e. The highest BCUT2D eigenvalue weighted by molar-refractivity contribution is 7.80. The highest BCUT2D eigenvalue weighted by atomic mass is 32.1. The van der Waals surface area contributed by atoms with Gasteiger partial charge in [-0.1, -0.05) is 19.1 Å². The Bertz CT molecular complexity index is 150. The predicted molar refractivity (Wildman–Crippen MR) is 48.5 cm³/mol. The Labute approximate surface area is 66.8 Å². The Morgan fingerprint density at radius 3 is 2.80 bits per heavy atom. The molecular weight excluding hydrogens is 144 g/mol. The monoisotopic (exact) mass is 156 g/mol. The zero-order valence-electron chi connectivity index (χ0n) is 6.00. The molecule has 0 fully saturated rings. The maximum atomic E-state index is 5.15. The summed E-state index contributed by atoms with van der Waals surface area (Å²) >= 11 is 4.56. The smallest absolute Gasteiger partial charge is 0.167 e. The highest BCUT2D eigenvalue weighted by Gasteiger charge is 1.73. The zero-order valence-corrected chi connectivity index (χ0v) is 6.82. The normalized spacial score (nSPS) is 10.9. The SMILES string of the molecule is CC/C=C/C=C/NC(N)=S. The quantitative estimate of drug-likeness (QED) is 0.478. The fourth-order valence-corrected chi connectivity index (χ4v) is 0.468. The molecule has 0 saturated carbocycles. The third kappa shape index (κ3) is 7.17. The first-order chi connectivity index (χ1) is 4.77. The highest BCUT2D eigenvalue weighted by Crippen LogP contribution is 1.79. The number of hydrogen-bond donors (Lipinski definition) is 2. The van der Waals surface area contributed by atoms with Gasteiger partial charge in [-0.25, -0.2) is 0 Å². The van der Waals surface area contributed by atoms with Crippen LogP contribution in [0.4, 0.5) is 0 Å². The van der Waals surface area contributed by atoms with Crippen molar-refractivity contribution in [3.05, 3.63) is 24.4 Å². The molecule has 0 aliphatic rings. The van der Waals surface area contributed by atoms with Gasteiger partial charge in [0.1, 0.15) is 0 Å². The van der Waals surface area contributed by atoms with Gasteiger partial charge in [0.2, 0.25) is 0 Å². The molecule has 0 heterocycles. The molecule has 10 heavy (non-hydrogen) atoms. The van der Waals surface area contributed by atoms with Crippen molar-refractivity contribution in [2.24, 2.45) is 5.73 Å². The van der Waals surface area contributed by atoms with Crippen LogP contribution in [0, 0.1) is 0 Å². The Balaban J connectivity index is 3.37. The predicted octanol–water partition coefficient (Wildman–Crippen LogP) is 1.30. The first-order valence-electron chi connectivity index (χ1n) is 3.15. The average Bonchev–Trinajstić information content (AvgIpc) is 1.87. The zero-order chi connectivity index (χ0) is 7.82. The van der Waals surface area contributed by atoms with E-state index in [2.05, 4.69) is 24.5 Å². The molecule has 0 aliphatic carbocycles. The van der Waals surface area contributed by atoms with Crippen molar-refractivity contribution in [1.82, 2.24) is 5.32 Å². The second-order valence-corrected chi connectivity index (χ2v) is 2.14. The second kappa shape index (κ2) is 6.29. The van der Waals surface area contributed by atoms with Crippen molar-refractivity contribution in [3.8, 4) is 0 Å². The molecule has 0 spiro atoms. The molecule has 0 aromatic rings. The number of nitrogens with one attached hydrogen (secondary N) is 1. The molecule has 0 amide bonds. The van der Waals surface area contributed by atoms with Crippen LogP contribution in [0.1, 0.15) is 13.3 Å². The van der Waals surface area contributed by atoms with Crippen LogP contribution in [0.25, 0.3) is 0 Å². The molecule has 2 nitrogen and oxygen atoms in total. The average molecular weight is 156 g/mol. The van der Waals surface area contributed by atoms with E-state index in [1.807, 2.05) is 18.2 Å². The first kappa shape index (κ1) is 9.17. The molecule has 0 saturated heterocycles. The lowest BCUT2D eigenvalue weighted by molar-refractivity contribution is 1.22. The van der Waals surface area contributed by atoms with Crippen LogP contribution in [0.15, 0.2) is 24.4 Å². The molecule has 0 radical (unpaired) electrons. The van der Waals surface area contributed by atoms with E-state index in [0.717, 1.165) is 6.42 Å². The van der Waals surface area contributed by atoms with Gasteiger partial charge < -0.3 is 11.1 Å². The van der Waals surface area contributed by atoms with Gasteiger partial charge in [-0.2, -0.15) is 0 Å². The lowest BCUT2D eigenvalue weighted by Crippen LogP contribution is -2.23. The molecule has 56 valence electrons. The third-order valence-electron chi connectivity index (χ3n) is 0.805. The molecule has 0 atom stereocenters. The van der Waals surface area contributed by atoms with Crippen LogP contribution < -0.4 is 11.1 Å². The first-order valence-corrected chi connectivity index (χ1v) is 3.56. The van der Waals surface area contributed by atoms with Gasteiger partial charge in [-0.3, -0.25) is 0 Å². The number of allylic oxidation sites excluding steroid dienone is 3. The Hall–Kier alpha value is -0.830. The van der Waals surface area contributed by atoms with Gasteiger partial charge >= 0.3 is 0 Å². The molecule has 3 heteroatoms. The fraction of sp³-hybridized carbons (Fsp3) is 0.286. The minimum atomic E-state index is 0.293. The third-order valence-corrected chi connectivity index (χ3v) is 0.923. The molecule has 0 rings (SSSR count). The van der Waals surface area contributed by atoms with Gasteiger partial charge in [0, 0.05) is 6.20 Å². The molecule has 0 bridgehead atoms. The van der Waals surface area contributed by atoms with E-state index < -0.39 is 0 Å². The summed E-state index contributed by atoms with van der Waals surface area (Å²) in [6, 6.07) is 0. The van der Waals surface area contributed by atoms with Crippen LogP contribution in [-0.2, 0) is 0 Å². The second-order valence-electron chi connectivity index (χ2n) is 1.70. The van der Waals surface area contributed by atoms with Crippen LogP contribution >= 0.6 is 12.2 Å². The maximum absolute atomic E-state index is 5.15. The van der Waals surface area contributed by atoms with Gasteiger partial charge in [-0.15, -0.1) is 0 Å². The van der Waals surface area contributed by atoms with Crippen molar-refractivity contribution >= 4 is 17.3 Å². The van der Waals surface area contributed by atoms with Crippen molar-refractivity contribution in [2.75, 3.05) is 0 Å². The Morgan fingerprint density at radius 1 is 1.60 bits per heavy atom. The summed E-state index contributed by atoms with van der Waals surface area (Å²) < 4.78 is 0. The van der Waals surface area contributed by atoms with Gasteiger partial charge in [0.05, 0.1) is 0 Å². The van der Waals surface area contributed by atoms with E-state index in [9.17, 15) is 0 Å². The Kier molecular flexibility index (Phi) is 5.77. The minimum Gasteiger partial charge on any atom is -0.376 e. The van der Waals surface area contributed by atoms with Crippen molar-refractivity contribution in [2.45, 2.75) is 13.3 Å². The van der Waals surface area contributed by atoms with E-state index in [1.165, 1.54) is 0 Å². The molecular formula is C7H12N2S. The summed E-state index contributed by atoms with van der Waals surface area (Å²) in [5.41, 5.74) is 5.15. The minimum absolute atomic E-state index is 0.293. The number of thiocarbonyl (C=S) groups is 1.